The minimum atomic E-state index is 0.768. The highest BCUT2D eigenvalue weighted by Gasteiger charge is 2.08. The number of hydrogen-bond acceptors (Lipinski definition) is 1. The van der Waals surface area contributed by atoms with Crippen LogP contribution in [0.2, 0.25) is 0 Å². The predicted octanol–water partition coefficient (Wildman–Crippen LogP) is 3.62. The molecule has 0 fully saturated rings. The van der Waals surface area contributed by atoms with Gasteiger partial charge < -0.3 is 4.90 Å². The minimum Gasteiger partial charge on any atom is -0.303 e. The van der Waals surface area contributed by atoms with Crippen molar-refractivity contribution < 1.29 is 0 Å². The predicted molar refractivity (Wildman–Crippen MR) is 66.1 cm³/mol. The number of hydrogen-bond donors (Lipinski definition) is 0. The number of alkyl halides is 1. The lowest BCUT2D eigenvalue weighted by atomic mass is 10.1. The van der Waals surface area contributed by atoms with Gasteiger partial charge in [-0.2, -0.15) is 0 Å². The summed E-state index contributed by atoms with van der Waals surface area (Å²) in [4.78, 5) is 2.57. The molecule has 0 atom stereocenters. The van der Waals surface area contributed by atoms with Gasteiger partial charge in [0.1, 0.15) is 0 Å². The van der Waals surface area contributed by atoms with E-state index in [0.29, 0.717) is 0 Å². The van der Waals surface area contributed by atoms with E-state index in [2.05, 4.69) is 32.6 Å². The molecule has 0 aliphatic rings. The van der Waals surface area contributed by atoms with Gasteiger partial charge in [-0.15, -0.1) is 11.6 Å². The van der Waals surface area contributed by atoms with Gasteiger partial charge in [0.15, 0.2) is 0 Å². The molecule has 86 valence electrons. The van der Waals surface area contributed by atoms with E-state index in [-0.39, 0.29) is 0 Å². The SMILES string of the molecule is CC(C)CN(CCCCCl)CC(C)C. The zero-order valence-corrected chi connectivity index (χ0v) is 11.0. The third kappa shape index (κ3) is 8.83. The Balaban J connectivity index is 3.72. The minimum absolute atomic E-state index is 0.768. The zero-order chi connectivity index (χ0) is 11.0. The van der Waals surface area contributed by atoms with Crippen molar-refractivity contribution in [3.05, 3.63) is 0 Å². The highest BCUT2D eigenvalue weighted by atomic mass is 35.5. The van der Waals surface area contributed by atoms with E-state index >= 15 is 0 Å². The lowest BCUT2D eigenvalue weighted by Gasteiger charge is -2.25. The van der Waals surface area contributed by atoms with Crippen LogP contribution in [0, 0.1) is 11.8 Å². The summed E-state index contributed by atoms with van der Waals surface area (Å²) < 4.78 is 0. The Labute approximate surface area is 94.8 Å². The highest BCUT2D eigenvalue weighted by molar-refractivity contribution is 6.17. The quantitative estimate of drug-likeness (QED) is 0.445. The fourth-order valence-corrected chi connectivity index (χ4v) is 1.91. The largest absolute Gasteiger partial charge is 0.303 e. The number of rotatable bonds is 8. The maximum absolute atomic E-state index is 5.68. The van der Waals surface area contributed by atoms with Crippen molar-refractivity contribution in [1.29, 1.82) is 0 Å². The van der Waals surface area contributed by atoms with Gasteiger partial charge in [0.05, 0.1) is 0 Å². The first-order valence-electron chi connectivity index (χ1n) is 5.84. The summed E-state index contributed by atoms with van der Waals surface area (Å²) in [5.41, 5.74) is 0. The number of nitrogens with zero attached hydrogens (tertiary/aromatic N) is 1. The molecule has 1 nitrogen and oxygen atoms in total. The molecule has 14 heavy (non-hydrogen) atoms. The Morgan fingerprint density at radius 3 is 1.79 bits per heavy atom. The monoisotopic (exact) mass is 219 g/mol. The topological polar surface area (TPSA) is 3.24 Å². The summed E-state index contributed by atoms with van der Waals surface area (Å²) in [5.74, 6) is 2.34. The fourth-order valence-electron chi connectivity index (χ4n) is 1.72. The lowest BCUT2D eigenvalue weighted by Crippen LogP contribution is -2.32. The average Bonchev–Trinajstić information content (AvgIpc) is 2.02. The van der Waals surface area contributed by atoms with Crippen molar-refractivity contribution in [2.45, 2.75) is 40.5 Å². The highest BCUT2D eigenvalue weighted by Crippen LogP contribution is 2.05. The van der Waals surface area contributed by atoms with Crippen LogP contribution in [0.4, 0.5) is 0 Å². The summed E-state index contributed by atoms with van der Waals surface area (Å²) in [6.45, 7) is 12.8. The van der Waals surface area contributed by atoms with Crippen molar-refractivity contribution in [2.75, 3.05) is 25.5 Å². The van der Waals surface area contributed by atoms with Crippen molar-refractivity contribution in [3.8, 4) is 0 Å². The van der Waals surface area contributed by atoms with Crippen molar-refractivity contribution in [2.24, 2.45) is 11.8 Å². The maximum Gasteiger partial charge on any atom is 0.0223 e. The van der Waals surface area contributed by atoms with E-state index in [1.165, 1.54) is 26.1 Å². The van der Waals surface area contributed by atoms with Gasteiger partial charge in [0.2, 0.25) is 0 Å². The maximum atomic E-state index is 5.68. The zero-order valence-electron chi connectivity index (χ0n) is 10.2. The van der Waals surface area contributed by atoms with Crippen LogP contribution in [0.5, 0.6) is 0 Å². The molecular weight excluding hydrogens is 194 g/mol. The smallest absolute Gasteiger partial charge is 0.0223 e. The number of unbranched alkanes of at least 4 members (excludes halogenated alkanes) is 1. The van der Waals surface area contributed by atoms with Crippen LogP contribution in [0.25, 0.3) is 0 Å². The molecule has 0 heterocycles. The lowest BCUT2D eigenvalue weighted by molar-refractivity contribution is 0.216. The van der Waals surface area contributed by atoms with E-state index in [4.69, 9.17) is 11.6 Å². The molecule has 2 heteroatoms. The molecule has 0 amide bonds. The average molecular weight is 220 g/mol. The normalized spacial score (nSPS) is 12.0. The second-order valence-corrected chi connectivity index (χ2v) is 5.32. The van der Waals surface area contributed by atoms with E-state index in [9.17, 15) is 0 Å². The van der Waals surface area contributed by atoms with Gasteiger partial charge in [-0.1, -0.05) is 27.7 Å². The molecule has 0 unspecified atom stereocenters. The summed E-state index contributed by atoms with van der Waals surface area (Å²) in [5, 5.41) is 0. The van der Waals surface area contributed by atoms with Gasteiger partial charge in [0.25, 0.3) is 0 Å². The first kappa shape index (κ1) is 14.2. The molecule has 0 saturated carbocycles. The van der Waals surface area contributed by atoms with Crippen molar-refractivity contribution in [3.63, 3.8) is 0 Å². The van der Waals surface area contributed by atoms with E-state index in [0.717, 1.165) is 24.1 Å². The second kappa shape index (κ2) is 8.55. The van der Waals surface area contributed by atoms with Gasteiger partial charge in [0, 0.05) is 19.0 Å². The van der Waals surface area contributed by atoms with Crippen molar-refractivity contribution in [1.82, 2.24) is 4.90 Å². The Morgan fingerprint density at radius 1 is 0.929 bits per heavy atom. The first-order chi connectivity index (χ1) is 6.56. The van der Waals surface area contributed by atoms with E-state index in [1.807, 2.05) is 0 Å². The fraction of sp³-hybridized carbons (Fsp3) is 1.00. The molecule has 0 rings (SSSR count). The Hall–Kier alpha value is 0.250. The summed E-state index contributed by atoms with van der Waals surface area (Å²) >= 11 is 5.68. The van der Waals surface area contributed by atoms with Crippen LogP contribution < -0.4 is 0 Å². The summed E-state index contributed by atoms with van der Waals surface area (Å²) in [6, 6.07) is 0. The molecular formula is C12H26ClN. The van der Waals surface area contributed by atoms with Crippen LogP contribution >= 0.6 is 11.6 Å². The van der Waals surface area contributed by atoms with Gasteiger partial charge in [-0.25, -0.2) is 0 Å². The summed E-state index contributed by atoms with van der Waals surface area (Å²) in [6.07, 6.45) is 2.39. The standard InChI is InChI=1S/C12H26ClN/c1-11(2)9-14(10-12(3)4)8-6-5-7-13/h11-12H,5-10H2,1-4H3. The number of halogens is 1. The molecule has 0 aliphatic heterocycles. The third-order valence-corrected chi connectivity index (χ3v) is 2.37. The molecule has 0 bridgehead atoms. The summed E-state index contributed by atoms with van der Waals surface area (Å²) in [7, 11) is 0. The van der Waals surface area contributed by atoms with Gasteiger partial charge in [-0.05, 0) is 31.2 Å². The molecule has 0 saturated heterocycles. The van der Waals surface area contributed by atoms with Gasteiger partial charge in [-0.3, -0.25) is 0 Å². The van der Waals surface area contributed by atoms with Crippen LogP contribution in [0.1, 0.15) is 40.5 Å². The molecule has 0 aliphatic carbocycles. The Morgan fingerprint density at radius 2 is 1.43 bits per heavy atom. The molecule has 0 aromatic carbocycles. The van der Waals surface area contributed by atoms with Crippen LogP contribution in [-0.4, -0.2) is 30.4 Å². The Kier molecular flexibility index (Phi) is 8.70. The molecule has 0 aromatic rings. The molecule has 0 spiro atoms. The van der Waals surface area contributed by atoms with E-state index in [1.54, 1.807) is 0 Å². The van der Waals surface area contributed by atoms with Crippen LogP contribution in [0.15, 0.2) is 0 Å². The molecule has 0 aromatic heterocycles. The molecule has 0 radical (unpaired) electrons. The second-order valence-electron chi connectivity index (χ2n) is 4.94. The third-order valence-electron chi connectivity index (χ3n) is 2.10. The van der Waals surface area contributed by atoms with Crippen LogP contribution in [0.3, 0.4) is 0 Å². The Bertz CT molecular complexity index is 113. The van der Waals surface area contributed by atoms with Crippen LogP contribution in [-0.2, 0) is 0 Å². The van der Waals surface area contributed by atoms with Crippen molar-refractivity contribution >= 4 is 11.6 Å². The molecule has 0 N–H and O–H groups in total. The first-order valence-corrected chi connectivity index (χ1v) is 6.38. The van der Waals surface area contributed by atoms with Gasteiger partial charge >= 0.3 is 0 Å². The van der Waals surface area contributed by atoms with E-state index < -0.39 is 0 Å².